The van der Waals surface area contributed by atoms with Gasteiger partial charge in [-0.15, -0.1) is 0 Å². The van der Waals surface area contributed by atoms with Crippen molar-refractivity contribution in [3.8, 4) is 0 Å². The summed E-state index contributed by atoms with van der Waals surface area (Å²) >= 11 is 0. The molecule has 0 aromatic heterocycles. The molecule has 0 fully saturated rings. The van der Waals surface area contributed by atoms with Gasteiger partial charge < -0.3 is 10.2 Å². The summed E-state index contributed by atoms with van der Waals surface area (Å²) in [6, 6.07) is 16.0. The molecule has 2 aromatic carbocycles. The predicted molar refractivity (Wildman–Crippen MR) is 102 cm³/mol. The Labute approximate surface area is 149 Å². The summed E-state index contributed by atoms with van der Waals surface area (Å²) in [7, 11) is 0. The fourth-order valence-corrected chi connectivity index (χ4v) is 2.95. The quantitative estimate of drug-likeness (QED) is 0.841. The summed E-state index contributed by atoms with van der Waals surface area (Å²) in [4.78, 5) is 25.9. The van der Waals surface area contributed by atoms with Crippen molar-refractivity contribution in [2.75, 3.05) is 18.0 Å². The fraction of sp³-hybridized carbons (Fsp3) is 0.333. The highest BCUT2D eigenvalue weighted by molar-refractivity contribution is 5.94. The summed E-state index contributed by atoms with van der Waals surface area (Å²) in [5, 5.41) is 2.93. The molecule has 4 nitrogen and oxygen atoms in total. The van der Waals surface area contributed by atoms with Crippen LogP contribution in [0.2, 0.25) is 0 Å². The molecular weight excluding hydrogens is 312 g/mol. The van der Waals surface area contributed by atoms with Gasteiger partial charge in [0.25, 0.3) is 0 Å². The van der Waals surface area contributed by atoms with E-state index >= 15 is 0 Å². The second-order valence-corrected chi connectivity index (χ2v) is 6.25. The third kappa shape index (κ3) is 5.45. The van der Waals surface area contributed by atoms with E-state index in [-0.39, 0.29) is 11.8 Å². The zero-order valence-electron chi connectivity index (χ0n) is 15.2. The molecule has 2 amide bonds. The monoisotopic (exact) mass is 338 g/mol. The van der Waals surface area contributed by atoms with Crippen LogP contribution in [0, 0.1) is 13.8 Å². The zero-order valence-corrected chi connectivity index (χ0v) is 15.2. The van der Waals surface area contributed by atoms with Crippen molar-refractivity contribution in [2.24, 2.45) is 0 Å². The van der Waals surface area contributed by atoms with E-state index in [1.54, 1.807) is 11.8 Å². The highest BCUT2D eigenvalue weighted by atomic mass is 16.2. The number of carbonyl (C=O) groups excluding carboxylic acids is 2. The van der Waals surface area contributed by atoms with Crippen molar-refractivity contribution < 1.29 is 9.59 Å². The Hall–Kier alpha value is -2.62. The first kappa shape index (κ1) is 18.7. The maximum atomic E-state index is 12.1. The van der Waals surface area contributed by atoms with Crippen molar-refractivity contribution in [3.05, 3.63) is 65.2 Å². The third-order valence-corrected chi connectivity index (χ3v) is 4.23. The molecule has 0 bridgehead atoms. The number of benzene rings is 2. The number of anilines is 1. The number of nitrogens with one attached hydrogen (secondary N) is 1. The average Bonchev–Trinajstić information content (AvgIpc) is 2.58. The Kier molecular flexibility index (Phi) is 6.75. The largest absolute Gasteiger partial charge is 0.356 e. The SMILES string of the molecule is CC(=O)N(CCC(=O)NCCc1ccccc1)c1c(C)cccc1C. The lowest BCUT2D eigenvalue weighted by Gasteiger charge is -2.25. The van der Waals surface area contributed by atoms with Gasteiger partial charge in [-0.05, 0) is 37.0 Å². The molecule has 0 saturated heterocycles. The molecule has 0 atom stereocenters. The van der Waals surface area contributed by atoms with Crippen molar-refractivity contribution in [1.82, 2.24) is 5.32 Å². The first-order valence-electron chi connectivity index (χ1n) is 8.64. The Morgan fingerprint density at radius 3 is 2.20 bits per heavy atom. The van der Waals surface area contributed by atoms with Gasteiger partial charge in [-0.25, -0.2) is 0 Å². The first-order valence-corrected chi connectivity index (χ1v) is 8.64. The fourth-order valence-electron chi connectivity index (χ4n) is 2.95. The molecule has 0 spiro atoms. The van der Waals surface area contributed by atoms with Crippen LogP contribution in [0.5, 0.6) is 0 Å². The number of hydrogen-bond acceptors (Lipinski definition) is 2. The molecule has 2 rings (SSSR count). The Bertz CT molecular complexity index is 706. The first-order chi connectivity index (χ1) is 12.0. The Morgan fingerprint density at radius 1 is 0.960 bits per heavy atom. The van der Waals surface area contributed by atoms with E-state index in [1.807, 2.05) is 62.4 Å². The predicted octanol–water partition coefficient (Wildman–Crippen LogP) is 3.41. The van der Waals surface area contributed by atoms with Crippen LogP contribution in [0.3, 0.4) is 0 Å². The van der Waals surface area contributed by atoms with Gasteiger partial charge in [0.2, 0.25) is 11.8 Å². The minimum Gasteiger partial charge on any atom is -0.356 e. The minimum atomic E-state index is -0.0468. The summed E-state index contributed by atoms with van der Waals surface area (Å²) in [5.41, 5.74) is 4.19. The molecule has 1 N–H and O–H groups in total. The van der Waals surface area contributed by atoms with E-state index in [9.17, 15) is 9.59 Å². The molecule has 0 saturated carbocycles. The molecule has 0 aliphatic rings. The van der Waals surface area contributed by atoms with Crippen LogP contribution in [-0.4, -0.2) is 24.9 Å². The lowest BCUT2D eigenvalue weighted by molar-refractivity contribution is -0.121. The normalized spacial score (nSPS) is 10.4. The molecule has 0 aliphatic heterocycles. The second-order valence-electron chi connectivity index (χ2n) is 6.25. The molecule has 0 radical (unpaired) electrons. The highest BCUT2D eigenvalue weighted by Crippen LogP contribution is 2.24. The Balaban J connectivity index is 1.88. The molecule has 2 aromatic rings. The number of rotatable bonds is 7. The Morgan fingerprint density at radius 2 is 1.60 bits per heavy atom. The van der Waals surface area contributed by atoms with Gasteiger partial charge in [0.1, 0.15) is 0 Å². The van der Waals surface area contributed by atoms with E-state index in [0.29, 0.717) is 19.5 Å². The average molecular weight is 338 g/mol. The number of hydrogen-bond donors (Lipinski definition) is 1. The van der Waals surface area contributed by atoms with Gasteiger partial charge in [0.05, 0.1) is 0 Å². The van der Waals surface area contributed by atoms with Gasteiger partial charge in [0, 0.05) is 32.1 Å². The summed E-state index contributed by atoms with van der Waals surface area (Å²) < 4.78 is 0. The van der Waals surface area contributed by atoms with Gasteiger partial charge in [-0.3, -0.25) is 9.59 Å². The lowest BCUT2D eigenvalue weighted by atomic mass is 10.1. The molecular formula is C21H26N2O2. The van der Waals surface area contributed by atoms with Crippen LogP contribution in [-0.2, 0) is 16.0 Å². The standard InChI is InChI=1S/C21H26N2O2/c1-16-8-7-9-17(2)21(16)23(18(3)24)15-13-20(25)22-14-12-19-10-5-4-6-11-19/h4-11H,12-15H2,1-3H3,(H,22,25). The molecule has 25 heavy (non-hydrogen) atoms. The number of nitrogens with zero attached hydrogens (tertiary/aromatic N) is 1. The van der Waals surface area contributed by atoms with E-state index < -0.39 is 0 Å². The van der Waals surface area contributed by atoms with Crippen LogP contribution >= 0.6 is 0 Å². The van der Waals surface area contributed by atoms with Crippen LogP contribution in [0.15, 0.2) is 48.5 Å². The van der Waals surface area contributed by atoms with Crippen molar-refractivity contribution in [3.63, 3.8) is 0 Å². The zero-order chi connectivity index (χ0) is 18.2. The summed E-state index contributed by atoms with van der Waals surface area (Å²) in [6.45, 7) is 6.50. The van der Waals surface area contributed by atoms with Gasteiger partial charge in [-0.2, -0.15) is 0 Å². The van der Waals surface area contributed by atoms with E-state index in [4.69, 9.17) is 0 Å². The summed E-state index contributed by atoms with van der Waals surface area (Å²) in [6.07, 6.45) is 1.10. The van der Waals surface area contributed by atoms with Gasteiger partial charge in [-0.1, -0.05) is 48.5 Å². The number of aryl methyl sites for hydroxylation is 2. The molecule has 4 heteroatoms. The summed E-state index contributed by atoms with van der Waals surface area (Å²) in [5.74, 6) is -0.0806. The van der Waals surface area contributed by atoms with Gasteiger partial charge in [0.15, 0.2) is 0 Å². The second kappa shape index (κ2) is 9.02. The molecule has 0 aliphatic carbocycles. The number of carbonyl (C=O) groups is 2. The molecule has 132 valence electrons. The number of para-hydroxylation sites is 1. The van der Waals surface area contributed by atoms with Crippen LogP contribution in [0.4, 0.5) is 5.69 Å². The van der Waals surface area contributed by atoms with E-state index in [2.05, 4.69) is 5.32 Å². The van der Waals surface area contributed by atoms with Crippen molar-refractivity contribution in [1.29, 1.82) is 0 Å². The number of amides is 2. The van der Waals surface area contributed by atoms with Crippen molar-refractivity contribution in [2.45, 2.75) is 33.6 Å². The lowest BCUT2D eigenvalue weighted by Crippen LogP contribution is -2.35. The maximum absolute atomic E-state index is 12.1. The van der Waals surface area contributed by atoms with Crippen LogP contribution in [0.25, 0.3) is 0 Å². The minimum absolute atomic E-state index is 0.0339. The van der Waals surface area contributed by atoms with Crippen LogP contribution in [0.1, 0.15) is 30.0 Å². The van der Waals surface area contributed by atoms with E-state index in [1.165, 1.54) is 5.56 Å². The maximum Gasteiger partial charge on any atom is 0.223 e. The van der Waals surface area contributed by atoms with E-state index in [0.717, 1.165) is 23.2 Å². The smallest absolute Gasteiger partial charge is 0.223 e. The van der Waals surface area contributed by atoms with Gasteiger partial charge >= 0.3 is 0 Å². The third-order valence-electron chi connectivity index (χ3n) is 4.23. The highest BCUT2D eigenvalue weighted by Gasteiger charge is 2.17. The molecule has 0 heterocycles. The topological polar surface area (TPSA) is 49.4 Å². The van der Waals surface area contributed by atoms with Crippen molar-refractivity contribution >= 4 is 17.5 Å². The molecule has 0 unspecified atom stereocenters. The van der Waals surface area contributed by atoms with Crippen LogP contribution < -0.4 is 10.2 Å².